The van der Waals surface area contributed by atoms with E-state index in [1.807, 2.05) is 6.92 Å². The summed E-state index contributed by atoms with van der Waals surface area (Å²) in [5, 5.41) is 3.28. The van der Waals surface area contributed by atoms with Crippen molar-refractivity contribution in [1.82, 2.24) is 5.32 Å². The second kappa shape index (κ2) is 6.48. The minimum absolute atomic E-state index is 0.0468. The van der Waals surface area contributed by atoms with Crippen molar-refractivity contribution in [1.29, 1.82) is 0 Å². The van der Waals surface area contributed by atoms with Gasteiger partial charge in [-0.15, -0.1) is 0 Å². The van der Waals surface area contributed by atoms with Crippen LogP contribution >= 0.6 is 15.9 Å². The quantitative estimate of drug-likeness (QED) is 0.759. The van der Waals surface area contributed by atoms with E-state index in [4.69, 9.17) is 9.15 Å². The molecule has 1 aromatic rings. The largest absolute Gasteiger partial charge is 0.463 e. The van der Waals surface area contributed by atoms with E-state index in [0.717, 1.165) is 12.1 Å². The molecule has 0 aromatic carbocycles. The minimum atomic E-state index is -0.537. The van der Waals surface area contributed by atoms with E-state index in [2.05, 4.69) is 35.1 Å². The van der Waals surface area contributed by atoms with Gasteiger partial charge in [-0.25, -0.2) is 4.79 Å². The number of hydrogen-bond donors (Lipinski definition) is 1. The third kappa shape index (κ3) is 3.32. The molecule has 0 saturated carbocycles. The summed E-state index contributed by atoms with van der Waals surface area (Å²) in [7, 11) is 0. The highest BCUT2D eigenvalue weighted by molar-refractivity contribution is 9.10. The zero-order chi connectivity index (χ0) is 18.4. The number of esters is 1. The van der Waals surface area contributed by atoms with Crippen molar-refractivity contribution in [3.05, 3.63) is 45.1 Å². The number of furan rings is 1. The van der Waals surface area contributed by atoms with Crippen molar-refractivity contribution in [3.63, 3.8) is 0 Å². The smallest absolute Gasteiger partial charge is 0.336 e. The molecule has 5 nitrogen and oxygen atoms in total. The van der Waals surface area contributed by atoms with Crippen molar-refractivity contribution in [2.75, 3.05) is 6.61 Å². The van der Waals surface area contributed by atoms with Crippen molar-refractivity contribution >= 4 is 27.7 Å². The summed E-state index contributed by atoms with van der Waals surface area (Å²) in [6.45, 7) is 8.04. The van der Waals surface area contributed by atoms with Gasteiger partial charge in [-0.3, -0.25) is 4.79 Å². The zero-order valence-corrected chi connectivity index (χ0v) is 16.5. The van der Waals surface area contributed by atoms with Crippen LogP contribution in [0, 0.1) is 5.41 Å². The lowest BCUT2D eigenvalue weighted by Crippen LogP contribution is -2.38. The summed E-state index contributed by atoms with van der Waals surface area (Å²) in [6, 6.07) is 3.57. The number of Topliss-reactive ketones (excluding diaryl/α,β-unsaturated/α-hetero) is 1. The Morgan fingerprint density at radius 3 is 2.72 bits per heavy atom. The Morgan fingerprint density at radius 1 is 1.40 bits per heavy atom. The summed E-state index contributed by atoms with van der Waals surface area (Å²) in [6.07, 6.45) is 1.20. The van der Waals surface area contributed by atoms with Crippen LogP contribution in [0.25, 0.3) is 0 Å². The molecule has 1 aliphatic carbocycles. The van der Waals surface area contributed by atoms with E-state index in [1.165, 1.54) is 0 Å². The van der Waals surface area contributed by atoms with E-state index in [1.54, 1.807) is 19.1 Å². The third-order valence-electron chi connectivity index (χ3n) is 4.61. The monoisotopic (exact) mass is 407 g/mol. The Labute approximate surface area is 155 Å². The number of hydrogen-bond acceptors (Lipinski definition) is 5. The normalized spacial score (nSPS) is 22.6. The number of allylic oxidation sites excluding steroid dienone is 3. The van der Waals surface area contributed by atoms with Gasteiger partial charge in [0, 0.05) is 23.4 Å². The molecule has 1 N–H and O–H groups in total. The van der Waals surface area contributed by atoms with Gasteiger partial charge < -0.3 is 14.5 Å². The highest BCUT2D eigenvalue weighted by atomic mass is 79.9. The standard InChI is InChI=1S/C19H22BrNO4/c1-5-24-18(23)15-10(2)21-11-8-19(3,4)9-12(22)16(11)17(15)13-6-7-14(20)25-13/h6-7,17,21H,5,8-9H2,1-4H3/t17-/m0/s1. The Bertz CT molecular complexity index is 800. The summed E-state index contributed by atoms with van der Waals surface area (Å²) < 4.78 is 11.5. The van der Waals surface area contributed by atoms with Crippen LogP contribution in [0.2, 0.25) is 0 Å². The van der Waals surface area contributed by atoms with Gasteiger partial charge in [-0.1, -0.05) is 13.8 Å². The number of carbonyl (C=O) groups is 2. The Balaban J connectivity index is 2.15. The number of nitrogens with one attached hydrogen (secondary N) is 1. The lowest BCUT2D eigenvalue weighted by atomic mass is 9.69. The minimum Gasteiger partial charge on any atom is -0.463 e. The van der Waals surface area contributed by atoms with Crippen LogP contribution in [-0.4, -0.2) is 18.4 Å². The maximum Gasteiger partial charge on any atom is 0.336 e. The highest BCUT2D eigenvalue weighted by Crippen LogP contribution is 2.47. The molecule has 0 unspecified atom stereocenters. The highest BCUT2D eigenvalue weighted by Gasteiger charge is 2.44. The van der Waals surface area contributed by atoms with Crippen LogP contribution < -0.4 is 5.32 Å². The molecule has 3 rings (SSSR count). The number of rotatable bonds is 3. The molecule has 1 aliphatic heterocycles. The lowest BCUT2D eigenvalue weighted by Gasteiger charge is -2.38. The molecule has 2 aliphatic rings. The predicted octanol–water partition coefficient (Wildman–Crippen LogP) is 4.21. The van der Waals surface area contributed by atoms with E-state index in [9.17, 15) is 9.59 Å². The van der Waals surface area contributed by atoms with Gasteiger partial charge in [0.2, 0.25) is 0 Å². The summed E-state index contributed by atoms with van der Waals surface area (Å²) >= 11 is 3.31. The lowest BCUT2D eigenvalue weighted by molar-refractivity contribution is -0.138. The fraction of sp³-hybridized carbons (Fsp3) is 0.474. The summed E-state index contributed by atoms with van der Waals surface area (Å²) in [5.74, 6) is -0.346. The molecule has 0 radical (unpaired) electrons. The predicted molar refractivity (Wildman–Crippen MR) is 96.7 cm³/mol. The van der Waals surface area contributed by atoms with Crippen molar-refractivity contribution in [3.8, 4) is 0 Å². The van der Waals surface area contributed by atoms with Crippen molar-refractivity contribution in [2.24, 2.45) is 5.41 Å². The molecule has 0 amide bonds. The van der Waals surface area contributed by atoms with E-state index < -0.39 is 11.9 Å². The molecule has 134 valence electrons. The second-order valence-corrected chi connectivity index (χ2v) is 8.07. The van der Waals surface area contributed by atoms with E-state index in [0.29, 0.717) is 33.7 Å². The maximum atomic E-state index is 12.9. The summed E-state index contributed by atoms with van der Waals surface area (Å²) in [4.78, 5) is 25.5. The molecule has 1 aromatic heterocycles. The van der Waals surface area contributed by atoms with Gasteiger partial charge in [-0.05, 0) is 53.7 Å². The van der Waals surface area contributed by atoms with Gasteiger partial charge in [-0.2, -0.15) is 0 Å². The first-order valence-corrected chi connectivity index (χ1v) is 9.19. The van der Waals surface area contributed by atoms with E-state index >= 15 is 0 Å². The van der Waals surface area contributed by atoms with Crippen molar-refractivity contribution in [2.45, 2.75) is 46.5 Å². The van der Waals surface area contributed by atoms with Gasteiger partial charge >= 0.3 is 5.97 Å². The fourth-order valence-electron chi connectivity index (χ4n) is 3.68. The van der Waals surface area contributed by atoms with Crippen LogP contribution in [0.1, 0.15) is 52.2 Å². The third-order valence-corrected chi connectivity index (χ3v) is 5.04. The van der Waals surface area contributed by atoms with Crippen LogP contribution in [0.15, 0.2) is 43.8 Å². The molecule has 0 spiro atoms. The van der Waals surface area contributed by atoms with E-state index in [-0.39, 0.29) is 17.8 Å². The molecule has 2 heterocycles. The number of ketones is 1. The number of halogens is 1. The Morgan fingerprint density at radius 2 is 2.12 bits per heavy atom. The molecule has 0 fully saturated rings. The molecule has 0 bridgehead atoms. The van der Waals surface area contributed by atoms with Crippen LogP contribution in [-0.2, 0) is 14.3 Å². The molecular formula is C19H22BrNO4. The van der Waals surface area contributed by atoms with Crippen LogP contribution in [0.5, 0.6) is 0 Å². The maximum absolute atomic E-state index is 12.9. The first-order chi connectivity index (χ1) is 11.7. The molecule has 25 heavy (non-hydrogen) atoms. The second-order valence-electron chi connectivity index (χ2n) is 7.29. The van der Waals surface area contributed by atoms with Crippen LogP contribution in [0.3, 0.4) is 0 Å². The molecular weight excluding hydrogens is 386 g/mol. The Kier molecular flexibility index (Phi) is 4.66. The molecule has 6 heteroatoms. The zero-order valence-electron chi connectivity index (χ0n) is 14.9. The number of carbonyl (C=O) groups excluding carboxylic acids is 2. The topological polar surface area (TPSA) is 68.5 Å². The average Bonchev–Trinajstić information content (AvgIpc) is 2.90. The first kappa shape index (κ1) is 18.0. The Hall–Kier alpha value is -1.82. The first-order valence-electron chi connectivity index (χ1n) is 8.40. The van der Waals surface area contributed by atoms with Gasteiger partial charge in [0.15, 0.2) is 10.5 Å². The van der Waals surface area contributed by atoms with Crippen molar-refractivity contribution < 1.29 is 18.7 Å². The summed E-state index contributed by atoms with van der Waals surface area (Å²) in [5.41, 5.74) is 2.54. The SMILES string of the molecule is CCOC(=O)C1=C(C)NC2=C(C(=O)CC(C)(C)C2)[C@H]1c1ccc(Br)o1. The molecule has 0 saturated heterocycles. The number of dihydropyridines is 1. The van der Waals surface area contributed by atoms with Gasteiger partial charge in [0.25, 0.3) is 0 Å². The fourth-order valence-corrected chi connectivity index (χ4v) is 4.00. The van der Waals surface area contributed by atoms with Gasteiger partial charge in [0.05, 0.1) is 18.1 Å². The average molecular weight is 408 g/mol. The van der Waals surface area contributed by atoms with Crippen LogP contribution in [0.4, 0.5) is 0 Å². The number of ether oxygens (including phenoxy) is 1. The molecule has 1 atom stereocenters. The van der Waals surface area contributed by atoms with Gasteiger partial charge in [0.1, 0.15) is 5.76 Å².